The summed E-state index contributed by atoms with van der Waals surface area (Å²) in [6, 6.07) is 7.82. The van der Waals surface area contributed by atoms with Crippen molar-refractivity contribution in [1.82, 2.24) is 20.0 Å². The van der Waals surface area contributed by atoms with E-state index in [2.05, 4.69) is 19.6 Å². The fraction of sp³-hybridized carbons (Fsp3) is 0.250. The fourth-order valence-corrected chi connectivity index (χ4v) is 2.34. The fourth-order valence-electron chi connectivity index (χ4n) is 2.34. The molecule has 0 radical (unpaired) electrons. The Bertz CT molecular complexity index is 983. The van der Waals surface area contributed by atoms with Crippen LogP contribution in [0.4, 0.5) is 0 Å². The molecule has 27 heavy (non-hydrogen) atoms. The van der Waals surface area contributed by atoms with Crippen molar-refractivity contribution in [2.24, 2.45) is 14.1 Å². The number of imidazole rings is 1. The van der Waals surface area contributed by atoms with E-state index in [1.54, 1.807) is 13.3 Å². The van der Waals surface area contributed by atoms with Gasteiger partial charge >= 0.3 is 5.82 Å². The summed E-state index contributed by atoms with van der Waals surface area (Å²) in [6.45, 7) is 0. The number of methoxy groups -OCH3 is 1. The maximum absolute atomic E-state index is 9.22. The van der Waals surface area contributed by atoms with E-state index in [-0.39, 0.29) is 0 Å². The summed E-state index contributed by atoms with van der Waals surface area (Å²) in [5, 5.41) is 11.9. The molecule has 1 aromatic carbocycles. The number of hydrogen-bond donors (Lipinski definition) is 0. The first-order valence-electron chi connectivity index (χ1n) is 7.62. The molecule has 2 heterocycles. The van der Waals surface area contributed by atoms with Gasteiger partial charge in [0.2, 0.25) is 10.4 Å². The summed E-state index contributed by atoms with van der Waals surface area (Å²) in [7, 11) is 2.01. The van der Waals surface area contributed by atoms with Gasteiger partial charge in [0, 0.05) is 5.56 Å². The van der Waals surface area contributed by atoms with E-state index in [1.165, 1.54) is 0 Å². The van der Waals surface area contributed by atoms with E-state index in [4.69, 9.17) is 4.74 Å². The van der Waals surface area contributed by atoms with Gasteiger partial charge in [0.25, 0.3) is 0 Å². The molecular formula is C16H19N5O5S. The number of aromatic nitrogens is 5. The Morgan fingerprint density at radius 2 is 1.81 bits per heavy atom. The smallest absolute Gasteiger partial charge is 0.310 e. The highest BCUT2D eigenvalue weighted by atomic mass is 32.3. The van der Waals surface area contributed by atoms with Gasteiger partial charge in [-0.1, -0.05) is 12.1 Å². The number of ether oxygens (including phenoxy) is 1. The molecule has 0 unspecified atom stereocenters. The van der Waals surface area contributed by atoms with E-state index >= 15 is 0 Å². The van der Waals surface area contributed by atoms with Gasteiger partial charge in [0.1, 0.15) is 18.1 Å². The number of aryl methyl sites for hydroxylation is 2. The lowest BCUT2D eigenvalue weighted by atomic mass is 10.1. The highest BCUT2D eigenvalue weighted by molar-refractivity contribution is 7.80. The lowest BCUT2D eigenvalue weighted by Crippen LogP contribution is -2.29. The highest BCUT2D eigenvalue weighted by Gasteiger charge is 2.21. The van der Waals surface area contributed by atoms with Crippen LogP contribution in [-0.2, 0) is 28.7 Å². The molecule has 144 valence electrons. The second kappa shape index (κ2) is 8.66. The van der Waals surface area contributed by atoms with Crippen molar-refractivity contribution >= 4 is 10.4 Å². The van der Waals surface area contributed by atoms with Crippen molar-refractivity contribution in [3.05, 3.63) is 42.9 Å². The molecule has 0 saturated carbocycles. The van der Waals surface area contributed by atoms with Gasteiger partial charge < -0.3 is 9.29 Å². The number of benzene rings is 1. The van der Waals surface area contributed by atoms with Crippen LogP contribution in [0.25, 0.3) is 22.6 Å². The van der Waals surface area contributed by atoms with Gasteiger partial charge in [-0.2, -0.15) is 0 Å². The SMILES string of the molecule is COS(=O)(=O)[O-].COc1ccc(-c2cnnnc2-c2n(C)cc[n+]2C)cc1. The van der Waals surface area contributed by atoms with E-state index in [1.807, 2.05) is 59.9 Å². The van der Waals surface area contributed by atoms with Gasteiger partial charge in [-0.15, -0.1) is 10.2 Å². The number of nitrogens with zero attached hydrogens (tertiary/aromatic N) is 5. The summed E-state index contributed by atoms with van der Waals surface area (Å²) >= 11 is 0. The van der Waals surface area contributed by atoms with Gasteiger partial charge in [-0.05, 0) is 22.9 Å². The maximum atomic E-state index is 9.22. The molecule has 3 aromatic rings. The Morgan fingerprint density at radius 1 is 1.19 bits per heavy atom. The molecule has 0 saturated heterocycles. The molecule has 10 nitrogen and oxygen atoms in total. The Labute approximate surface area is 157 Å². The molecular weight excluding hydrogens is 374 g/mol. The summed E-state index contributed by atoms with van der Waals surface area (Å²) < 4.78 is 40.2. The second-order valence-corrected chi connectivity index (χ2v) is 6.49. The van der Waals surface area contributed by atoms with E-state index < -0.39 is 10.4 Å². The van der Waals surface area contributed by atoms with Crippen LogP contribution < -0.4 is 9.30 Å². The molecule has 0 N–H and O–H groups in total. The number of hydrogen-bond acceptors (Lipinski definition) is 8. The largest absolute Gasteiger partial charge is 0.726 e. The Balaban J connectivity index is 0.000000380. The minimum absolute atomic E-state index is 0.796. The van der Waals surface area contributed by atoms with Crippen LogP contribution >= 0.6 is 0 Å². The lowest BCUT2D eigenvalue weighted by molar-refractivity contribution is -0.659. The first-order valence-corrected chi connectivity index (χ1v) is 8.95. The van der Waals surface area contributed by atoms with Gasteiger partial charge in [0.05, 0.1) is 34.5 Å². The molecule has 0 fully saturated rings. The molecule has 11 heteroatoms. The molecule has 0 atom stereocenters. The standard InChI is InChI=1S/C15H16N5O.CH4O4S/c1-19-8-9-20(2)15(19)14-13(10-16-18-17-14)11-4-6-12(21-3)7-5-11;1-5-6(2,3)4/h4-10H,1-3H3;1H3,(H,2,3,4)/q+1;/p-1. The highest BCUT2D eigenvalue weighted by Crippen LogP contribution is 2.28. The molecule has 3 rings (SSSR count). The van der Waals surface area contributed by atoms with Gasteiger partial charge in [-0.3, -0.25) is 4.18 Å². The van der Waals surface area contributed by atoms with Crippen LogP contribution in [0.5, 0.6) is 5.75 Å². The quantitative estimate of drug-likeness (QED) is 0.356. The predicted octanol–water partition coefficient (Wildman–Crippen LogP) is 0.470. The van der Waals surface area contributed by atoms with E-state index in [9.17, 15) is 13.0 Å². The van der Waals surface area contributed by atoms with Crippen LogP contribution in [-0.4, -0.2) is 47.2 Å². The maximum Gasteiger partial charge on any atom is 0.310 e. The molecule has 2 aromatic heterocycles. The van der Waals surface area contributed by atoms with Crippen LogP contribution in [0.1, 0.15) is 0 Å². The Kier molecular flexibility index (Phi) is 6.55. The minimum atomic E-state index is -4.41. The first-order chi connectivity index (χ1) is 12.8. The zero-order chi connectivity index (χ0) is 20.0. The monoisotopic (exact) mass is 393 g/mol. The third kappa shape index (κ3) is 5.29. The molecule has 0 amide bonds. The molecule has 0 spiro atoms. The minimum Gasteiger partial charge on any atom is -0.726 e. The molecule has 0 aliphatic rings. The average molecular weight is 393 g/mol. The van der Waals surface area contributed by atoms with Gasteiger partial charge in [-0.25, -0.2) is 17.6 Å². The topological polar surface area (TPSA) is 123 Å². The summed E-state index contributed by atoms with van der Waals surface area (Å²) in [4.78, 5) is 0. The van der Waals surface area contributed by atoms with Crippen molar-refractivity contribution < 1.29 is 26.5 Å². The normalized spacial score (nSPS) is 10.9. The van der Waals surface area contributed by atoms with E-state index in [0.29, 0.717) is 0 Å². The van der Waals surface area contributed by atoms with Crippen LogP contribution in [0.15, 0.2) is 42.9 Å². The summed E-state index contributed by atoms with van der Waals surface area (Å²) in [6.07, 6.45) is 5.70. The van der Waals surface area contributed by atoms with Crippen molar-refractivity contribution in [2.45, 2.75) is 0 Å². The summed E-state index contributed by atoms with van der Waals surface area (Å²) in [5.41, 5.74) is 2.75. The molecule has 0 bridgehead atoms. The van der Waals surface area contributed by atoms with Crippen LogP contribution in [0.3, 0.4) is 0 Å². The lowest BCUT2D eigenvalue weighted by Gasteiger charge is -2.06. The zero-order valence-electron chi connectivity index (χ0n) is 15.2. The van der Waals surface area contributed by atoms with Crippen molar-refractivity contribution in [1.29, 1.82) is 0 Å². The third-order valence-electron chi connectivity index (χ3n) is 3.64. The van der Waals surface area contributed by atoms with Crippen molar-refractivity contribution in [3.8, 4) is 28.4 Å². The van der Waals surface area contributed by atoms with E-state index in [0.717, 1.165) is 35.5 Å². The average Bonchev–Trinajstić information content (AvgIpc) is 3.00. The number of rotatable bonds is 4. The first kappa shape index (κ1) is 20.4. The second-order valence-electron chi connectivity index (χ2n) is 5.34. The van der Waals surface area contributed by atoms with Gasteiger partial charge in [0.15, 0.2) is 5.69 Å². The molecule has 0 aliphatic carbocycles. The predicted molar refractivity (Wildman–Crippen MR) is 94.1 cm³/mol. The van der Waals surface area contributed by atoms with Crippen LogP contribution in [0, 0.1) is 0 Å². The van der Waals surface area contributed by atoms with Crippen molar-refractivity contribution in [3.63, 3.8) is 0 Å². The Hall–Kier alpha value is -2.89. The van der Waals surface area contributed by atoms with Crippen molar-refractivity contribution in [2.75, 3.05) is 14.2 Å². The molecule has 0 aliphatic heterocycles. The zero-order valence-corrected chi connectivity index (χ0v) is 16.0. The summed E-state index contributed by atoms with van der Waals surface area (Å²) in [5.74, 6) is 1.79. The van der Waals surface area contributed by atoms with Crippen LogP contribution in [0.2, 0.25) is 0 Å². The third-order valence-corrected chi connectivity index (χ3v) is 4.05. The Morgan fingerprint density at radius 3 is 2.30 bits per heavy atom.